The van der Waals surface area contributed by atoms with Crippen molar-refractivity contribution in [2.24, 2.45) is 5.92 Å². The standard InChI is InChI=1S/C15H23N3O/c1-2-8-17-9-4-6-14(17)15(19)18-10-12-5-3-7-16-13(12)11-18/h4,6,9,12-13,16H,2-3,5,7-8,10-11H2,1H3/t12-,13+/m0/s1. The number of aryl methyl sites for hydroxylation is 1. The van der Waals surface area contributed by atoms with Gasteiger partial charge in [-0.25, -0.2) is 0 Å². The summed E-state index contributed by atoms with van der Waals surface area (Å²) in [6, 6.07) is 4.45. The lowest BCUT2D eigenvalue weighted by Gasteiger charge is -2.24. The Balaban J connectivity index is 1.72. The van der Waals surface area contributed by atoms with E-state index in [1.54, 1.807) is 0 Å². The lowest BCUT2D eigenvalue weighted by Crippen LogP contribution is -2.41. The first kappa shape index (κ1) is 12.7. The summed E-state index contributed by atoms with van der Waals surface area (Å²) in [5.74, 6) is 0.863. The molecular weight excluding hydrogens is 238 g/mol. The van der Waals surface area contributed by atoms with Crippen molar-refractivity contribution in [3.63, 3.8) is 0 Å². The fourth-order valence-electron chi connectivity index (χ4n) is 3.42. The Bertz CT molecular complexity index is 440. The second-order valence-corrected chi connectivity index (χ2v) is 5.76. The summed E-state index contributed by atoms with van der Waals surface area (Å²) < 4.78 is 2.08. The molecule has 2 atom stereocenters. The Morgan fingerprint density at radius 2 is 2.37 bits per heavy atom. The van der Waals surface area contributed by atoms with E-state index < -0.39 is 0 Å². The van der Waals surface area contributed by atoms with Gasteiger partial charge in [-0.3, -0.25) is 4.79 Å². The van der Waals surface area contributed by atoms with Gasteiger partial charge in [0, 0.05) is 31.9 Å². The highest BCUT2D eigenvalue weighted by Crippen LogP contribution is 2.26. The zero-order chi connectivity index (χ0) is 13.2. The molecule has 2 fully saturated rings. The number of amides is 1. The van der Waals surface area contributed by atoms with E-state index in [1.165, 1.54) is 12.8 Å². The summed E-state index contributed by atoms with van der Waals surface area (Å²) in [6.45, 7) is 5.97. The summed E-state index contributed by atoms with van der Waals surface area (Å²) in [5.41, 5.74) is 0.848. The molecule has 2 aliphatic heterocycles. The van der Waals surface area contributed by atoms with Crippen LogP contribution in [0.15, 0.2) is 18.3 Å². The molecule has 104 valence electrons. The van der Waals surface area contributed by atoms with Gasteiger partial charge >= 0.3 is 0 Å². The maximum absolute atomic E-state index is 12.6. The Morgan fingerprint density at radius 3 is 3.16 bits per heavy atom. The molecule has 0 aromatic carbocycles. The molecule has 2 saturated heterocycles. The summed E-state index contributed by atoms with van der Waals surface area (Å²) in [6.07, 6.45) is 5.58. The van der Waals surface area contributed by atoms with Gasteiger partial charge in [0.05, 0.1) is 0 Å². The number of nitrogens with one attached hydrogen (secondary N) is 1. The molecule has 4 heteroatoms. The second-order valence-electron chi connectivity index (χ2n) is 5.76. The second kappa shape index (κ2) is 5.37. The molecule has 0 radical (unpaired) electrons. The van der Waals surface area contributed by atoms with Gasteiger partial charge in [-0.05, 0) is 43.9 Å². The van der Waals surface area contributed by atoms with E-state index in [0.717, 1.165) is 38.3 Å². The van der Waals surface area contributed by atoms with Crippen molar-refractivity contribution in [3.05, 3.63) is 24.0 Å². The Labute approximate surface area is 114 Å². The molecular formula is C15H23N3O. The van der Waals surface area contributed by atoms with Crippen molar-refractivity contribution in [1.82, 2.24) is 14.8 Å². The molecule has 0 unspecified atom stereocenters. The first-order chi connectivity index (χ1) is 9.29. The third-order valence-electron chi connectivity index (χ3n) is 4.40. The first-order valence-electron chi connectivity index (χ1n) is 7.47. The predicted molar refractivity (Wildman–Crippen MR) is 75.1 cm³/mol. The lowest BCUT2D eigenvalue weighted by molar-refractivity contribution is 0.0775. The molecule has 1 N–H and O–H groups in total. The van der Waals surface area contributed by atoms with Crippen LogP contribution in [0.3, 0.4) is 0 Å². The fourth-order valence-corrected chi connectivity index (χ4v) is 3.42. The molecule has 0 spiro atoms. The monoisotopic (exact) mass is 261 g/mol. The third kappa shape index (κ3) is 2.41. The molecule has 1 aromatic rings. The van der Waals surface area contributed by atoms with Crippen LogP contribution in [-0.4, -0.2) is 41.1 Å². The van der Waals surface area contributed by atoms with Crippen LogP contribution < -0.4 is 5.32 Å². The summed E-state index contributed by atoms with van der Waals surface area (Å²) >= 11 is 0. The number of nitrogens with zero attached hydrogens (tertiary/aromatic N) is 2. The zero-order valence-corrected chi connectivity index (χ0v) is 11.6. The molecule has 19 heavy (non-hydrogen) atoms. The first-order valence-corrected chi connectivity index (χ1v) is 7.47. The van der Waals surface area contributed by atoms with Crippen molar-refractivity contribution >= 4 is 5.91 Å². The van der Waals surface area contributed by atoms with Crippen LogP contribution in [0.1, 0.15) is 36.7 Å². The van der Waals surface area contributed by atoms with Crippen molar-refractivity contribution in [2.75, 3.05) is 19.6 Å². The third-order valence-corrected chi connectivity index (χ3v) is 4.40. The molecule has 2 aliphatic rings. The number of fused-ring (bicyclic) bond motifs is 1. The Kier molecular flexibility index (Phi) is 3.60. The quantitative estimate of drug-likeness (QED) is 0.899. The normalized spacial score (nSPS) is 26.5. The highest BCUT2D eigenvalue weighted by atomic mass is 16.2. The molecule has 4 nitrogen and oxygen atoms in total. The van der Waals surface area contributed by atoms with Crippen LogP contribution in [0, 0.1) is 5.92 Å². The van der Waals surface area contributed by atoms with E-state index in [2.05, 4.69) is 16.8 Å². The zero-order valence-electron chi connectivity index (χ0n) is 11.6. The van der Waals surface area contributed by atoms with Crippen molar-refractivity contribution in [2.45, 2.75) is 38.8 Å². The maximum Gasteiger partial charge on any atom is 0.270 e. The minimum absolute atomic E-state index is 0.203. The number of carbonyl (C=O) groups excluding carboxylic acids is 1. The Morgan fingerprint density at radius 1 is 1.47 bits per heavy atom. The lowest BCUT2D eigenvalue weighted by atomic mass is 9.94. The number of hydrogen-bond acceptors (Lipinski definition) is 2. The van der Waals surface area contributed by atoms with Crippen molar-refractivity contribution in [3.8, 4) is 0 Å². The number of hydrogen-bond donors (Lipinski definition) is 1. The van der Waals surface area contributed by atoms with Crippen LogP contribution in [0.25, 0.3) is 0 Å². The van der Waals surface area contributed by atoms with E-state index in [4.69, 9.17) is 0 Å². The van der Waals surface area contributed by atoms with Gasteiger partial charge in [0.1, 0.15) is 5.69 Å². The number of carbonyl (C=O) groups is 1. The average molecular weight is 261 g/mol. The van der Waals surface area contributed by atoms with E-state index in [1.807, 2.05) is 23.2 Å². The predicted octanol–water partition coefficient (Wildman–Crippen LogP) is 1.72. The van der Waals surface area contributed by atoms with Gasteiger partial charge in [0.15, 0.2) is 0 Å². The summed E-state index contributed by atoms with van der Waals surface area (Å²) in [4.78, 5) is 14.7. The van der Waals surface area contributed by atoms with Gasteiger partial charge in [-0.1, -0.05) is 6.92 Å². The summed E-state index contributed by atoms with van der Waals surface area (Å²) in [5, 5.41) is 3.55. The highest BCUT2D eigenvalue weighted by molar-refractivity contribution is 5.93. The van der Waals surface area contributed by atoms with Crippen molar-refractivity contribution < 1.29 is 4.79 Å². The van der Waals surface area contributed by atoms with Crippen LogP contribution >= 0.6 is 0 Å². The minimum Gasteiger partial charge on any atom is -0.344 e. The molecule has 0 bridgehead atoms. The van der Waals surface area contributed by atoms with Crippen LogP contribution in [0.5, 0.6) is 0 Å². The van der Waals surface area contributed by atoms with Gasteiger partial charge in [-0.15, -0.1) is 0 Å². The molecule has 1 aromatic heterocycles. The van der Waals surface area contributed by atoms with Gasteiger partial charge < -0.3 is 14.8 Å². The van der Waals surface area contributed by atoms with Gasteiger partial charge in [-0.2, -0.15) is 0 Å². The number of piperidine rings is 1. The van der Waals surface area contributed by atoms with E-state index in [-0.39, 0.29) is 5.91 Å². The highest BCUT2D eigenvalue weighted by Gasteiger charge is 2.37. The largest absolute Gasteiger partial charge is 0.344 e. The van der Waals surface area contributed by atoms with E-state index in [0.29, 0.717) is 12.0 Å². The van der Waals surface area contributed by atoms with Crippen LogP contribution in [0.2, 0.25) is 0 Å². The van der Waals surface area contributed by atoms with E-state index >= 15 is 0 Å². The summed E-state index contributed by atoms with van der Waals surface area (Å²) in [7, 11) is 0. The molecule has 0 saturated carbocycles. The maximum atomic E-state index is 12.6. The van der Waals surface area contributed by atoms with Crippen LogP contribution in [0.4, 0.5) is 0 Å². The van der Waals surface area contributed by atoms with Crippen molar-refractivity contribution in [1.29, 1.82) is 0 Å². The van der Waals surface area contributed by atoms with Crippen LogP contribution in [-0.2, 0) is 6.54 Å². The van der Waals surface area contributed by atoms with Gasteiger partial charge in [0.25, 0.3) is 5.91 Å². The molecule has 3 heterocycles. The number of rotatable bonds is 3. The fraction of sp³-hybridized carbons (Fsp3) is 0.667. The smallest absolute Gasteiger partial charge is 0.270 e. The average Bonchev–Trinajstić information content (AvgIpc) is 3.04. The molecule has 0 aliphatic carbocycles. The SMILES string of the molecule is CCCn1cccc1C(=O)N1C[C@@H]2CCCN[C@@H]2C1. The topological polar surface area (TPSA) is 37.3 Å². The number of likely N-dealkylation sites (tertiary alicyclic amines) is 1. The minimum atomic E-state index is 0.203. The van der Waals surface area contributed by atoms with Gasteiger partial charge in [0.2, 0.25) is 0 Å². The Hall–Kier alpha value is -1.29. The molecule has 3 rings (SSSR count). The van der Waals surface area contributed by atoms with E-state index in [9.17, 15) is 4.79 Å². The number of aromatic nitrogens is 1. The molecule has 1 amide bonds.